The standard InChI is InChI=1S/C10H14FNO.ClH/c1-7(2)13-10-5-9(11)4-3-8(10)6-12;/h3-5,7H,6,12H2,1-2H3;1H. The summed E-state index contributed by atoms with van der Waals surface area (Å²) >= 11 is 0. The number of hydrogen-bond donors (Lipinski definition) is 1. The summed E-state index contributed by atoms with van der Waals surface area (Å²) < 4.78 is 18.2. The van der Waals surface area contributed by atoms with Gasteiger partial charge in [0.15, 0.2) is 0 Å². The van der Waals surface area contributed by atoms with Crippen molar-refractivity contribution in [1.29, 1.82) is 0 Å². The fraction of sp³-hybridized carbons (Fsp3) is 0.400. The van der Waals surface area contributed by atoms with Crippen LogP contribution in [0.4, 0.5) is 4.39 Å². The highest BCUT2D eigenvalue weighted by Gasteiger charge is 2.05. The molecule has 0 saturated heterocycles. The Hall–Kier alpha value is -0.800. The normalized spacial score (nSPS) is 9.79. The molecule has 0 amide bonds. The van der Waals surface area contributed by atoms with Crippen molar-refractivity contribution in [2.45, 2.75) is 26.5 Å². The summed E-state index contributed by atoms with van der Waals surface area (Å²) in [5, 5.41) is 0. The first-order chi connectivity index (χ1) is 6.13. The Morgan fingerprint density at radius 1 is 1.43 bits per heavy atom. The van der Waals surface area contributed by atoms with E-state index in [0.717, 1.165) is 5.56 Å². The van der Waals surface area contributed by atoms with E-state index in [1.165, 1.54) is 12.1 Å². The smallest absolute Gasteiger partial charge is 0.127 e. The third kappa shape index (κ3) is 3.52. The van der Waals surface area contributed by atoms with Crippen molar-refractivity contribution in [2.24, 2.45) is 5.73 Å². The zero-order valence-electron chi connectivity index (χ0n) is 8.29. The van der Waals surface area contributed by atoms with Gasteiger partial charge in [-0.2, -0.15) is 0 Å². The van der Waals surface area contributed by atoms with Gasteiger partial charge in [0.25, 0.3) is 0 Å². The Morgan fingerprint density at radius 3 is 2.57 bits per heavy atom. The second-order valence-electron chi connectivity index (χ2n) is 3.12. The van der Waals surface area contributed by atoms with E-state index in [2.05, 4.69) is 0 Å². The number of halogens is 2. The molecular formula is C10H15ClFNO. The zero-order valence-corrected chi connectivity index (χ0v) is 9.10. The monoisotopic (exact) mass is 219 g/mol. The summed E-state index contributed by atoms with van der Waals surface area (Å²) in [6, 6.07) is 4.39. The Balaban J connectivity index is 0.00000169. The summed E-state index contributed by atoms with van der Waals surface area (Å²) in [7, 11) is 0. The number of hydrogen-bond acceptors (Lipinski definition) is 2. The molecule has 0 aliphatic rings. The van der Waals surface area contributed by atoms with E-state index in [-0.39, 0.29) is 24.3 Å². The fourth-order valence-corrected chi connectivity index (χ4v) is 1.06. The van der Waals surface area contributed by atoms with Crippen LogP contribution in [0, 0.1) is 5.82 Å². The molecule has 80 valence electrons. The van der Waals surface area contributed by atoms with E-state index < -0.39 is 0 Å². The largest absolute Gasteiger partial charge is 0.491 e. The van der Waals surface area contributed by atoms with Crippen molar-refractivity contribution in [3.05, 3.63) is 29.6 Å². The number of rotatable bonds is 3. The summed E-state index contributed by atoms with van der Waals surface area (Å²) in [6.45, 7) is 4.15. The lowest BCUT2D eigenvalue weighted by Crippen LogP contribution is -2.09. The number of ether oxygens (including phenoxy) is 1. The minimum atomic E-state index is -0.298. The van der Waals surface area contributed by atoms with Crippen LogP contribution in [0.2, 0.25) is 0 Å². The van der Waals surface area contributed by atoms with E-state index in [0.29, 0.717) is 12.3 Å². The molecule has 0 aliphatic heterocycles. The SMILES string of the molecule is CC(C)Oc1cc(F)ccc1CN.Cl. The maximum Gasteiger partial charge on any atom is 0.127 e. The third-order valence-corrected chi connectivity index (χ3v) is 1.61. The molecule has 1 aromatic carbocycles. The quantitative estimate of drug-likeness (QED) is 0.848. The van der Waals surface area contributed by atoms with E-state index in [1.54, 1.807) is 6.07 Å². The molecular weight excluding hydrogens is 205 g/mol. The maximum atomic E-state index is 12.8. The molecule has 0 heterocycles. The lowest BCUT2D eigenvalue weighted by Gasteiger charge is -2.13. The molecule has 2 N–H and O–H groups in total. The molecule has 0 unspecified atom stereocenters. The van der Waals surface area contributed by atoms with Gasteiger partial charge in [-0.1, -0.05) is 6.07 Å². The molecule has 0 aliphatic carbocycles. The van der Waals surface area contributed by atoms with Gasteiger partial charge in [-0.25, -0.2) is 4.39 Å². The van der Waals surface area contributed by atoms with Crippen LogP contribution >= 0.6 is 12.4 Å². The van der Waals surface area contributed by atoms with Crippen molar-refractivity contribution in [3.8, 4) is 5.75 Å². The van der Waals surface area contributed by atoms with Crippen LogP contribution in [0.15, 0.2) is 18.2 Å². The Bertz CT molecular complexity index is 291. The van der Waals surface area contributed by atoms with E-state index in [1.807, 2.05) is 13.8 Å². The molecule has 14 heavy (non-hydrogen) atoms. The zero-order chi connectivity index (χ0) is 9.84. The third-order valence-electron chi connectivity index (χ3n) is 1.61. The molecule has 0 spiro atoms. The molecule has 1 rings (SSSR count). The van der Waals surface area contributed by atoms with Crippen LogP contribution in [0.1, 0.15) is 19.4 Å². The highest BCUT2D eigenvalue weighted by atomic mass is 35.5. The van der Waals surface area contributed by atoms with Crippen LogP contribution in [0.3, 0.4) is 0 Å². The van der Waals surface area contributed by atoms with E-state index in [4.69, 9.17) is 10.5 Å². The molecule has 0 saturated carbocycles. The van der Waals surface area contributed by atoms with Gasteiger partial charge >= 0.3 is 0 Å². The lowest BCUT2D eigenvalue weighted by molar-refractivity contribution is 0.239. The second kappa shape index (κ2) is 5.83. The highest BCUT2D eigenvalue weighted by Crippen LogP contribution is 2.20. The topological polar surface area (TPSA) is 35.2 Å². The Morgan fingerprint density at radius 2 is 2.07 bits per heavy atom. The summed E-state index contributed by atoms with van der Waals surface area (Å²) in [4.78, 5) is 0. The Kier molecular flexibility index (Phi) is 5.50. The van der Waals surface area contributed by atoms with E-state index in [9.17, 15) is 4.39 Å². The first kappa shape index (κ1) is 13.2. The van der Waals surface area contributed by atoms with Crippen molar-refractivity contribution < 1.29 is 9.13 Å². The molecule has 0 radical (unpaired) electrons. The van der Waals surface area contributed by atoms with Crippen molar-refractivity contribution in [2.75, 3.05) is 0 Å². The summed E-state index contributed by atoms with van der Waals surface area (Å²) in [5.74, 6) is 0.241. The van der Waals surface area contributed by atoms with Gasteiger partial charge in [0, 0.05) is 18.2 Å². The van der Waals surface area contributed by atoms with Gasteiger partial charge in [0.2, 0.25) is 0 Å². The average molecular weight is 220 g/mol. The van der Waals surface area contributed by atoms with Crippen LogP contribution < -0.4 is 10.5 Å². The predicted octanol–water partition coefficient (Wildman–Crippen LogP) is 2.49. The molecule has 0 aromatic heterocycles. The van der Waals surface area contributed by atoms with Crippen LogP contribution in [0.5, 0.6) is 5.75 Å². The second-order valence-corrected chi connectivity index (χ2v) is 3.12. The van der Waals surface area contributed by atoms with Gasteiger partial charge in [0.05, 0.1) is 6.10 Å². The molecule has 2 nitrogen and oxygen atoms in total. The first-order valence-electron chi connectivity index (χ1n) is 4.28. The van der Waals surface area contributed by atoms with Crippen molar-refractivity contribution >= 4 is 12.4 Å². The first-order valence-corrected chi connectivity index (χ1v) is 4.28. The molecule has 1 aromatic rings. The lowest BCUT2D eigenvalue weighted by atomic mass is 10.2. The molecule has 0 bridgehead atoms. The number of benzene rings is 1. The number of nitrogens with two attached hydrogens (primary N) is 1. The van der Waals surface area contributed by atoms with Crippen molar-refractivity contribution in [1.82, 2.24) is 0 Å². The van der Waals surface area contributed by atoms with Crippen LogP contribution in [-0.2, 0) is 6.54 Å². The fourth-order valence-electron chi connectivity index (χ4n) is 1.06. The van der Waals surface area contributed by atoms with Crippen molar-refractivity contribution in [3.63, 3.8) is 0 Å². The van der Waals surface area contributed by atoms with Crippen LogP contribution in [0.25, 0.3) is 0 Å². The molecule has 4 heteroatoms. The summed E-state index contributed by atoms with van der Waals surface area (Å²) in [5.41, 5.74) is 6.30. The van der Waals surface area contributed by atoms with E-state index >= 15 is 0 Å². The van der Waals surface area contributed by atoms with Gasteiger partial charge in [-0.05, 0) is 19.9 Å². The summed E-state index contributed by atoms with van der Waals surface area (Å²) in [6.07, 6.45) is 0.0344. The predicted molar refractivity (Wildman–Crippen MR) is 57.3 cm³/mol. The van der Waals surface area contributed by atoms with Gasteiger partial charge in [-0.3, -0.25) is 0 Å². The molecule has 0 atom stereocenters. The average Bonchev–Trinajstić information content (AvgIpc) is 2.03. The minimum absolute atomic E-state index is 0. The highest BCUT2D eigenvalue weighted by molar-refractivity contribution is 5.85. The van der Waals surface area contributed by atoms with Gasteiger partial charge in [-0.15, -0.1) is 12.4 Å². The van der Waals surface area contributed by atoms with Crippen LogP contribution in [-0.4, -0.2) is 6.10 Å². The minimum Gasteiger partial charge on any atom is -0.491 e. The maximum absolute atomic E-state index is 12.8. The molecule has 0 fully saturated rings. The van der Waals surface area contributed by atoms with Gasteiger partial charge in [0.1, 0.15) is 11.6 Å². The van der Waals surface area contributed by atoms with Gasteiger partial charge < -0.3 is 10.5 Å². The Labute approximate surface area is 89.7 Å².